The molecule has 0 saturated carbocycles. The Balaban J connectivity index is 1.41. The summed E-state index contributed by atoms with van der Waals surface area (Å²) in [5.74, 6) is 1.16. The van der Waals surface area contributed by atoms with Crippen LogP contribution in [-0.4, -0.2) is 57.1 Å². The number of likely N-dealkylation sites (tertiary alicyclic amines) is 1. The molecule has 1 saturated heterocycles. The molecule has 4 rings (SSSR count). The highest BCUT2D eigenvalue weighted by Crippen LogP contribution is 2.28. The highest BCUT2D eigenvalue weighted by Gasteiger charge is 2.28. The van der Waals surface area contributed by atoms with Crippen LogP contribution in [0.2, 0.25) is 0 Å². The van der Waals surface area contributed by atoms with Gasteiger partial charge in [-0.25, -0.2) is 9.97 Å². The number of hydrogen-bond acceptors (Lipinski definition) is 6. The summed E-state index contributed by atoms with van der Waals surface area (Å²) in [5, 5.41) is 9.60. The lowest BCUT2D eigenvalue weighted by molar-refractivity contribution is 0.0710. The molecule has 0 bridgehead atoms. The van der Waals surface area contributed by atoms with Gasteiger partial charge in [-0.3, -0.25) is 14.7 Å². The first kappa shape index (κ1) is 21.5. The molecule has 166 valence electrons. The van der Waals surface area contributed by atoms with Crippen molar-refractivity contribution < 1.29 is 14.3 Å². The first-order valence-electron chi connectivity index (χ1n) is 10.5. The van der Waals surface area contributed by atoms with Crippen LogP contribution < -0.4 is 10.1 Å². The molecule has 32 heavy (non-hydrogen) atoms. The van der Waals surface area contributed by atoms with E-state index in [1.807, 2.05) is 30.9 Å². The lowest BCUT2D eigenvalue weighted by Gasteiger charge is -2.31. The van der Waals surface area contributed by atoms with E-state index < -0.39 is 0 Å². The summed E-state index contributed by atoms with van der Waals surface area (Å²) in [6.45, 7) is 4.91. The molecule has 0 aliphatic carbocycles. The molecule has 0 unspecified atom stereocenters. The van der Waals surface area contributed by atoms with Crippen LogP contribution in [0.5, 0.6) is 5.75 Å². The topological polar surface area (TPSA) is 113 Å². The normalized spacial score (nSPS) is 14.3. The zero-order valence-corrected chi connectivity index (χ0v) is 18.4. The van der Waals surface area contributed by atoms with E-state index >= 15 is 0 Å². The molecule has 2 amide bonds. The van der Waals surface area contributed by atoms with E-state index in [0.717, 1.165) is 18.5 Å². The SMILES string of the molecule is COc1ccccc1NC(=O)c1cnc(C2CCN(C(=O)c3cn[nH]c3C)CC2)nc1C. The monoisotopic (exact) mass is 434 g/mol. The molecular formula is C23H26N6O3. The maximum atomic E-state index is 12.8. The number of aromatic nitrogens is 4. The Bertz CT molecular complexity index is 1130. The number of rotatable bonds is 5. The molecule has 0 radical (unpaired) electrons. The summed E-state index contributed by atoms with van der Waals surface area (Å²) in [6, 6.07) is 7.23. The molecule has 0 spiro atoms. The Labute approximate surface area is 186 Å². The van der Waals surface area contributed by atoms with Crippen LogP contribution in [-0.2, 0) is 0 Å². The summed E-state index contributed by atoms with van der Waals surface area (Å²) in [4.78, 5) is 36.4. The minimum Gasteiger partial charge on any atom is -0.495 e. The minimum absolute atomic E-state index is 0.00448. The summed E-state index contributed by atoms with van der Waals surface area (Å²) < 4.78 is 5.29. The number of nitrogens with one attached hydrogen (secondary N) is 2. The minimum atomic E-state index is -0.283. The molecule has 1 aliphatic heterocycles. The van der Waals surface area contributed by atoms with Crippen molar-refractivity contribution in [3.8, 4) is 5.75 Å². The Morgan fingerprint density at radius 3 is 2.53 bits per heavy atom. The van der Waals surface area contributed by atoms with Crippen LogP contribution in [0.3, 0.4) is 0 Å². The van der Waals surface area contributed by atoms with Crippen molar-refractivity contribution >= 4 is 17.5 Å². The maximum Gasteiger partial charge on any atom is 0.259 e. The van der Waals surface area contributed by atoms with Gasteiger partial charge in [0.15, 0.2) is 0 Å². The van der Waals surface area contributed by atoms with Gasteiger partial charge >= 0.3 is 0 Å². The average Bonchev–Trinajstić information content (AvgIpc) is 3.24. The van der Waals surface area contributed by atoms with Gasteiger partial charge in [0.25, 0.3) is 11.8 Å². The fraction of sp³-hybridized carbons (Fsp3) is 0.348. The summed E-state index contributed by atoms with van der Waals surface area (Å²) >= 11 is 0. The van der Waals surface area contributed by atoms with Gasteiger partial charge in [0.05, 0.1) is 35.8 Å². The van der Waals surface area contributed by atoms with E-state index in [-0.39, 0.29) is 17.7 Å². The second kappa shape index (κ2) is 9.17. The number of carbonyl (C=O) groups is 2. The maximum absolute atomic E-state index is 12.8. The third-order valence-corrected chi connectivity index (χ3v) is 5.81. The van der Waals surface area contributed by atoms with Gasteiger partial charge in [-0.1, -0.05) is 12.1 Å². The molecule has 0 atom stereocenters. The lowest BCUT2D eigenvalue weighted by atomic mass is 9.95. The van der Waals surface area contributed by atoms with Gasteiger partial charge in [0.2, 0.25) is 0 Å². The molecule has 1 aromatic carbocycles. The molecule has 2 N–H and O–H groups in total. The molecule has 9 heteroatoms. The van der Waals surface area contributed by atoms with Crippen molar-refractivity contribution in [2.45, 2.75) is 32.6 Å². The van der Waals surface area contributed by atoms with Crippen molar-refractivity contribution in [1.29, 1.82) is 0 Å². The highest BCUT2D eigenvalue weighted by molar-refractivity contribution is 6.05. The largest absolute Gasteiger partial charge is 0.495 e. The fourth-order valence-corrected chi connectivity index (χ4v) is 3.92. The number of carbonyl (C=O) groups excluding carboxylic acids is 2. The van der Waals surface area contributed by atoms with E-state index in [9.17, 15) is 9.59 Å². The first-order chi connectivity index (χ1) is 15.5. The first-order valence-corrected chi connectivity index (χ1v) is 10.5. The number of para-hydroxylation sites is 2. The number of piperidine rings is 1. The van der Waals surface area contributed by atoms with Crippen LogP contribution in [0.4, 0.5) is 5.69 Å². The van der Waals surface area contributed by atoms with E-state index in [4.69, 9.17) is 4.74 Å². The number of H-pyrrole nitrogens is 1. The van der Waals surface area contributed by atoms with Crippen molar-refractivity contribution in [3.63, 3.8) is 0 Å². The quantitative estimate of drug-likeness (QED) is 0.638. The van der Waals surface area contributed by atoms with Gasteiger partial charge < -0.3 is 15.0 Å². The summed E-state index contributed by atoms with van der Waals surface area (Å²) in [5.41, 5.74) is 3.02. The van der Waals surface area contributed by atoms with Crippen LogP contribution in [0.1, 0.15) is 56.7 Å². The van der Waals surface area contributed by atoms with E-state index in [2.05, 4.69) is 25.5 Å². The average molecular weight is 435 g/mol. The standard InChI is InChI=1S/C23H26N6O3/c1-14-17(22(30)27-19-6-4-5-7-20(19)32-3)12-24-21(26-14)16-8-10-29(11-9-16)23(31)18-13-25-28-15(18)2/h4-7,12-13,16H,8-11H2,1-3H3,(H,25,28)(H,27,30). The second-order valence-corrected chi connectivity index (χ2v) is 7.86. The number of ether oxygens (including phenoxy) is 1. The van der Waals surface area contributed by atoms with Gasteiger partial charge in [-0.2, -0.15) is 5.10 Å². The fourth-order valence-electron chi connectivity index (χ4n) is 3.92. The highest BCUT2D eigenvalue weighted by atomic mass is 16.5. The summed E-state index contributed by atoms with van der Waals surface area (Å²) in [7, 11) is 1.56. The zero-order chi connectivity index (χ0) is 22.7. The number of amides is 2. The zero-order valence-electron chi connectivity index (χ0n) is 18.4. The van der Waals surface area contributed by atoms with Crippen LogP contribution >= 0.6 is 0 Å². The number of benzene rings is 1. The van der Waals surface area contributed by atoms with E-state index in [1.165, 1.54) is 0 Å². The molecular weight excluding hydrogens is 408 g/mol. The number of aryl methyl sites for hydroxylation is 2. The number of methoxy groups -OCH3 is 1. The van der Waals surface area contributed by atoms with E-state index in [0.29, 0.717) is 47.2 Å². The predicted molar refractivity (Wildman–Crippen MR) is 119 cm³/mol. The number of hydrogen-bond donors (Lipinski definition) is 2. The van der Waals surface area contributed by atoms with Gasteiger partial charge in [0.1, 0.15) is 11.6 Å². The third-order valence-electron chi connectivity index (χ3n) is 5.81. The summed E-state index contributed by atoms with van der Waals surface area (Å²) in [6.07, 6.45) is 4.70. The lowest BCUT2D eigenvalue weighted by Crippen LogP contribution is -2.38. The molecule has 3 aromatic rings. The smallest absolute Gasteiger partial charge is 0.259 e. The molecule has 3 heterocycles. The van der Waals surface area contributed by atoms with Crippen molar-refractivity contribution in [1.82, 2.24) is 25.1 Å². The van der Waals surface area contributed by atoms with Crippen LogP contribution in [0.25, 0.3) is 0 Å². The van der Waals surface area contributed by atoms with Gasteiger partial charge in [-0.15, -0.1) is 0 Å². The van der Waals surface area contributed by atoms with Crippen LogP contribution in [0.15, 0.2) is 36.7 Å². The Hall–Kier alpha value is -3.75. The molecule has 1 aliphatic rings. The van der Waals surface area contributed by atoms with Crippen LogP contribution in [0, 0.1) is 13.8 Å². The van der Waals surface area contributed by atoms with Gasteiger partial charge in [-0.05, 0) is 38.8 Å². The Morgan fingerprint density at radius 1 is 1.12 bits per heavy atom. The number of nitrogens with zero attached hydrogens (tertiary/aromatic N) is 4. The van der Waals surface area contributed by atoms with E-state index in [1.54, 1.807) is 31.6 Å². The predicted octanol–water partition coefficient (Wildman–Crippen LogP) is 3.10. The molecule has 2 aromatic heterocycles. The van der Waals surface area contributed by atoms with Crippen molar-refractivity contribution in [2.24, 2.45) is 0 Å². The Morgan fingerprint density at radius 2 is 1.88 bits per heavy atom. The third kappa shape index (κ3) is 4.32. The van der Waals surface area contributed by atoms with Crippen molar-refractivity contribution in [2.75, 3.05) is 25.5 Å². The number of anilines is 1. The molecule has 1 fully saturated rings. The number of aromatic amines is 1. The second-order valence-electron chi connectivity index (χ2n) is 7.86. The Kier molecular flexibility index (Phi) is 6.16. The molecule has 9 nitrogen and oxygen atoms in total. The van der Waals surface area contributed by atoms with Gasteiger partial charge in [0, 0.05) is 30.9 Å². The van der Waals surface area contributed by atoms with Crippen molar-refractivity contribution in [3.05, 3.63) is 65.0 Å².